The van der Waals surface area contributed by atoms with Gasteiger partial charge >= 0.3 is 0 Å². The molecule has 0 bridgehead atoms. The molecule has 0 amide bonds. The standard InChI is InChI=1S/C17H14Cl2N2/c18-14-7-4-8-15(19)16(14)21-13-9-17(10-13,11-20)12-5-2-1-3-6-12/h1-8,13,21H,9-10H2. The molecule has 2 aromatic rings. The Morgan fingerprint density at radius 3 is 2.19 bits per heavy atom. The van der Waals surface area contributed by atoms with Crippen LogP contribution in [0.4, 0.5) is 5.69 Å². The van der Waals surface area contributed by atoms with Gasteiger partial charge in [0.15, 0.2) is 0 Å². The van der Waals surface area contributed by atoms with E-state index in [2.05, 4.69) is 11.4 Å². The van der Waals surface area contributed by atoms with Crippen molar-refractivity contribution < 1.29 is 0 Å². The van der Waals surface area contributed by atoms with Gasteiger partial charge in [0.1, 0.15) is 0 Å². The Morgan fingerprint density at radius 1 is 1.00 bits per heavy atom. The predicted octanol–water partition coefficient (Wildman–Crippen LogP) is 5.03. The van der Waals surface area contributed by atoms with Crippen molar-refractivity contribution in [2.45, 2.75) is 24.3 Å². The third kappa shape index (κ3) is 2.60. The maximum Gasteiger partial charge on any atom is 0.0861 e. The van der Waals surface area contributed by atoms with Gasteiger partial charge in [-0.3, -0.25) is 0 Å². The summed E-state index contributed by atoms with van der Waals surface area (Å²) in [5.74, 6) is 0. The molecule has 0 unspecified atom stereocenters. The molecule has 0 aromatic heterocycles. The number of nitriles is 1. The molecule has 0 aliphatic heterocycles. The minimum atomic E-state index is -0.396. The predicted molar refractivity (Wildman–Crippen MR) is 86.8 cm³/mol. The minimum absolute atomic E-state index is 0.210. The Labute approximate surface area is 134 Å². The number of nitrogens with one attached hydrogen (secondary N) is 1. The number of nitrogens with zero attached hydrogens (tertiary/aromatic N) is 1. The van der Waals surface area contributed by atoms with Crippen molar-refractivity contribution in [3.05, 3.63) is 64.1 Å². The fraction of sp³-hybridized carbons (Fsp3) is 0.235. The van der Waals surface area contributed by atoms with Crippen molar-refractivity contribution in [3.8, 4) is 6.07 Å². The number of benzene rings is 2. The highest BCUT2D eigenvalue weighted by Crippen LogP contribution is 2.45. The minimum Gasteiger partial charge on any atom is -0.380 e. The maximum absolute atomic E-state index is 9.55. The summed E-state index contributed by atoms with van der Waals surface area (Å²) in [6.07, 6.45) is 1.52. The van der Waals surface area contributed by atoms with Crippen LogP contribution in [0.25, 0.3) is 0 Å². The Bertz CT molecular complexity index is 665. The van der Waals surface area contributed by atoms with E-state index in [9.17, 15) is 5.26 Å². The smallest absolute Gasteiger partial charge is 0.0861 e. The topological polar surface area (TPSA) is 35.8 Å². The Hall–Kier alpha value is -1.69. The monoisotopic (exact) mass is 316 g/mol. The molecule has 3 rings (SSSR count). The molecule has 0 spiro atoms. The lowest BCUT2D eigenvalue weighted by Crippen LogP contribution is -2.47. The molecule has 1 aliphatic carbocycles. The molecule has 106 valence electrons. The SMILES string of the molecule is N#CC1(c2ccccc2)CC(Nc2c(Cl)cccc2Cl)C1. The lowest BCUT2D eigenvalue weighted by Gasteiger charge is -2.44. The van der Waals surface area contributed by atoms with Crippen molar-refractivity contribution in [3.63, 3.8) is 0 Å². The maximum atomic E-state index is 9.55. The zero-order chi connectivity index (χ0) is 14.9. The molecule has 0 atom stereocenters. The fourth-order valence-corrected chi connectivity index (χ4v) is 3.38. The van der Waals surface area contributed by atoms with Gasteiger partial charge in [-0.2, -0.15) is 5.26 Å². The van der Waals surface area contributed by atoms with Crippen LogP contribution < -0.4 is 5.32 Å². The zero-order valence-electron chi connectivity index (χ0n) is 11.3. The number of anilines is 1. The Morgan fingerprint density at radius 2 is 1.62 bits per heavy atom. The summed E-state index contributed by atoms with van der Waals surface area (Å²) < 4.78 is 0. The molecule has 4 heteroatoms. The van der Waals surface area contributed by atoms with Gasteiger partial charge in [0.05, 0.1) is 27.2 Å². The molecule has 2 nitrogen and oxygen atoms in total. The average Bonchev–Trinajstić information content (AvgIpc) is 2.46. The van der Waals surface area contributed by atoms with Crippen LogP contribution in [0.2, 0.25) is 10.0 Å². The van der Waals surface area contributed by atoms with E-state index >= 15 is 0 Å². The van der Waals surface area contributed by atoms with E-state index in [-0.39, 0.29) is 6.04 Å². The second-order valence-corrected chi connectivity index (χ2v) is 6.22. The van der Waals surface area contributed by atoms with Gasteiger partial charge in [-0.1, -0.05) is 59.6 Å². The van der Waals surface area contributed by atoms with E-state index in [1.54, 1.807) is 0 Å². The molecule has 21 heavy (non-hydrogen) atoms. The third-order valence-electron chi connectivity index (χ3n) is 4.04. The van der Waals surface area contributed by atoms with Gasteiger partial charge < -0.3 is 5.32 Å². The number of halogens is 2. The molecule has 1 fully saturated rings. The first-order valence-electron chi connectivity index (χ1n) is 6.82. The molecular formula is C17H14Cl2N2. The molecule has 1 N–H and O–H groups in total. The number of hydrogen-bond donors (Lipinski definition) is 1. The van der Waals surface area contributed by atoms with E-state index in [0.717, 1.165) is 24.1 Å². The highest BCUT2D eigenvalue weighted by molar-refractivity contribution is 6.39. The first-order valence-corrected chi connectivity index (χ1v) is 7.57. The van der Waals surface area contributed by atoms with Gasteiger partial charge in [-0.25, -0.2) is 0 Å². The van der Waals surface area contributed by atoms with Crippen LogP contribution in [0, 0.1) is 11.3 Å². The molecule has 1 aliphatic rings. The van der Waals surface area contributed by atoms with Crippen LogP contribution in [0.5, 0.6) is 0 Å². The summed E-state index contributed by atoms with van der Waals surface area (Å²) >= 11 is 12.3. The van der Waals surface area contributed by atoms with E-state index < -0.39 is 5.41 Å². The highest BCUT2D eigenvalue weighted by Gasteiger charge is 2.46. The van der Waals surface area contributed by atoms with Crippen LogP contribution >= 0.6 is 23.2 Å². The van der Waals surface area contributed by atoms with Crippen LogP contribution in [-0.4, -0.2) is 6.04 Å². The Balaban J connectivity index is 1.75. The van der Waals surface area contributed by atoms with E-state index in [1.807, 2.05) is 48.5 Å². The van der Waals surface area contributed by atoms with Gasteiger partial charge in [0.2, 0.25) is 0 Å². The fourth-order valence-electron chi connectivity index (χ4n) is 2.87. The van der Waals surface area contributed by atoms with Crippen molar-refractivity contribution >= 4 is 28.9 Å². The van der Waals surface area contributed by atoms with Crippen molar-refractivity contribution in [1.82, 2.24) is 0 Å². The molecule has 0 radical (unpaired) electrons. The summed E-state index contributed by atoms with van der Waals surface area (Å²) in [4.78, 5) is 0. The third-order valence-corrected chi connectivity index (χ3v) is 4.67. The Kier molecular flexibility index (Phi) is 3.80. The summed E-state index contributed by atoms with van der Waals surface area (Å²) in [7, 11) is 0. The second kappa shape index (κ2) is 5.60. The first kappa shape index (κ1) is 14.3. The molecule has 2 aromatic carbocycles. The molecule has 1 saturated carbocycles. The largest absolute Gasteiger partial charge is 0.380 e. The van der Waals surface area contributed by atoms with Gasteiger partial charge in [-0.15, -0.1) is 0 Å². The summed E-state index contributed by atoms with van der Waals surface area (Å²) in [6, 6.07) is 18.1. The lowest BCUT2D eigenvalue weighted by molar-refractivity contribution is 0.289. The highest BCUT2D eigenvalue weighted by atomic mass is 35.5. The number of para-hydroxylation sites is 1. The van der Waals surface area contributed by atoms with Gasteiger partial charge in [0.25, 0.3) is 0 Å². The van der Waals surface area contributed by atoms with Crippen molar-refractivity contribution in [1.29, 1.82) is 5.26 Å². The van der Waals surface area contributed by atoms with Crippen LogP contribution in [-0.2, 0) is 5.41 Å². The summed E-state index contributed by atoms with van der Waals surface area (Å²) in [5.41, 5.74) is 1.44. The van der Waals surface area contributed by atoms with E-state index in [4.69, 9.17) is 23.2 Å². The normalized spacial score (nSPS) is 24.0. The van der Waals surface area contributed by atoms with Crippen LogP contribution in [0.15, 0.2) is 48.5 Å². The molecular weight excluding hydrogens is 303 g/mol. The van der Waals surface area contributed by atoms with Gasteiger partial charge in [-0.05, 0) is 30.5 Å². The van der Waals surface area contributed by atoms with Crippen LogP contribution in [0.3, 0.4) is 0 Å². The number of rotatable bonds is 3. The van der Waals surface area contributed by atoms with Gasteiger partial charge in [0, 0.05) is 6.04 Å². The van der Waals surface area contributed by atoms with Crippen molar-refractivity contribution in [2.24, 2.45) is 0 Å². The van der Waals surface area contributed by atoms with E-state index in [0.29, 0.717) is 10.0 Å². The molecule has 0 heterocycles. The van der Waals surface area contributed by atoms with Crippen LogP contribution in [0.1, 0.15) is 18.4 Å². The van der Waals surface area contributed by atoms with Crippen molar-refractivity contribution in [2.75, 3.05) is 5.32 Å². The second-order valence-electron chi connectivity index (χ2n) is 5.41. The molecule has 0 saturated heterocycles. The summed E-state index contributed by atoms with van der Waals surface area (Å²) in [5, 5.41) is 14.1. The zero-order valence-corrected chi connectivity index (χ0v) is 12.8. The van der Waals surface area contributed by atoms with E-state index in [1.165, 1.54) is 0 Å². The average molecular weight is 317 g/mol. The summed E-state index contributed by atoms with van der Waals surface area (Å²) in [6.45, 7) is 0. The first-order chi connectivity index (χ1) is 10.1. The number of hydrogen-bond acceptors (Lipinski definition) is 2. The lowest BCUT2D eigenvalue weighted by atomic mass is 9.62. The quantitative estimate of drug-likeness (QED) is 0.862.